The molecule has 1 aliphatic heterocycles. The van der Waals surface area contributed by atoms with Crippen LogP contribution in [0.1, 0.15) is 24.8 Å². The van der Waals surface area contributed by atoms with Gasteiger partial charge in [-0.15, -0.1) is 0 Å². The highest BCUT2D eigenvalue weighted by atomic mass is 19.1. The molecule has 23 heavy (non-hydrogen) atoms. The van der Waals surface area contributed by atoms with E-state index in [1.54, 1.807) is 12.1 Å². The summed E-state index contributed by atoms with van der Waals surface area (Å²) in [4.78, 5) is 14.0. The first-order valence-electron chi connectivity index (χ1n) is 8.07. The van der Waals surface area contributed by atoms with E-state index < -0.39 is 5.60 Å². The van der Waals surface area contributed by atoms with Crippen LogP contribution in [-0.2, 0) is 11.2 Å². The zero-order valence-electron chi connectivity index (χ0n) is 13.3. The van der Waals surface area contributed by atoms with Crippen LogP contribution in [0.15, 0.2) is 24.3 Å². The number of benzene rings is 1. The van der Waals surface area contributed by atoms with Crippen LogP contribution < -0.4 is 5.32 Å². The molecule has 1 aromatic rings. The maximum atomic E-state index is 12.8. The second-order valence-corrected chi connectivity index (χ2v) is 6.24. The van der Waals surface area contributed by atoms with Crippen molar-refractivity contribution in [2.75, 3.05) is 32.8 Å². The van der Waals surface area contributed by atoms with Crippen LogP contribution >= 0.6 is 0 Å². The van der Waals surface area contributed by atoms with Crippen molar-refractivity contribution in [3.05, 3.63) is 35.6 Å². The second kappa shape index (κ2) is 8.38. The van der Waals surface area contributed by atoms with Crippen molar-refractivity contribution in [2.45, 2.75) is 31.3 Å². The normalized spacial score (nSPS) is 22.6. The van der Waals surface area contributed by atoms with E-state index in [1.807, 2.05) is 4.90 Å². The molecule has 0 aliphatic carbocycles. The van der Waals surface area contributed by atoms with Crippen LogP contribution in [0.5, 0.6) is 0 Å². The third-order valence-electron chi connectivity index (χ3n) is 4.32. The lowest BCUT2D eigenvalue weighted by atomic mass is 9.96. The summed E-state index contributed by atoms with van der Waals surface area (Å²) in [6.07, 6.45) is 2.47. The van der Waals surface area contributed by atoms with Crippen molar-refractivity contribution in [3.8, 4) is 0 Å². The van der Waals surface area contributed by atoms with Crippen molar-refractivity contribution >= 4 is 5.91 Å². The molecule has 1 amide bonds. The molecule has 6 heteroatoms. The highest BCUT2D eigenvalue weighted by Gasteiger charge is 2.29. The Bertz CT molecular complexity index is 509. The van der Waals surface area contributed by atoms with Gasteiger partial charge in [0.2, 0.25) is 5.91 Å². The summed E-state index contributed by atoms with van der Waals surface area (Å²) in [5.74, 6) is -0.316. The van der Waals surface area contributed by atoms with Gasteiger partial charge in [0.25, 0.3) is 0 Å². The van der Waals surface area contributed by atoms with Gasteiger partial charge < -0.3 is 15.5 Å². The van der Waals surface area contributed by atoms with E-state index in [0.29, 0.717) is 38.9 Å². The van der Waals surface area contributed by atoms with Crippen LogP contribution in [0, 0.1) is 5.82 Å². The average molecular weight is 324 g/mol. The van der Waals surface area contributed by atoms with E-state index in [4.69, 9.17) is 0 Å². The van der Waals surface area contributed by atoms with E-state index in [1.165, 1.54) is 12.1 Å². The predicted octanol–water partition coefficient (Wildman–Crippen LogP) is 0.694. The van der Waals surface area contributed by atoms with Gasteiger partial charge >= 0.3 is 0 Å². The Morgan fingerprint density at radius 2 is 2.00 bits per heavy atom. The molecular weight excluding hydrogens is 299 g/mol. The van der Waals surface area contributed by atoms with Crippen LogP contribution in [0.25, 0.3) is 0 Å². The first-order chi connectivity index (χ1) is 11.0. The summed E-state index contributed by atoms with van der Waals surface area (Å²) in [6.45, 7) is 1.92. The third-order valence-corrected chi connectivity index (χ3v) is 4.32. The summed E-state index contributed by atoms with van der Waals surface area (Å²) >= 11 is 0. The van der Waals surface area contributed by atoms with Gasteiger partial charge in [-0.2, -0.15) is 0 Å². The monoisotopic (exact) mass is 324 g/mol. The van der Waals surface area contributed by atoms with Gasteiger partial charge in [0.05, 0.1) is 18.8 Å². The van der Waals surface area contributed by atoms with Crippen molar-refractivity contribution in [1.82, 2.24) is 10.2 Å². The third kappa shape index (κ3) is 5.89. The maximum absolute atomic E-state index is 12.8. The number of carbonyl (C=O) groups is 1. The topological polar surface area (TPSA) is 72.8 Å². The van der Waals surface area contributed by atoms with Gasteiger partial charge in [-0.25, -0.2) is 4.39 Å². The number of amides is 1. The molecular formula is C17H25FN2O3. The fourth-order valence-corrected chi connectivity index (χ4v) is 2.81. The van der Waals surface area contributed by atoms with Crippen molar-refractivity contribution in [2.24, 2.45) is 0 Å². The Morgan fingerprint density at radius 1 is 1.26 bits per heavy atom. The molecule has 1 saturated heterocycles. The molecule has 0 bridgehead atoms. The minimum absolute atomic E-state index is 0.0541. The van der Waals surface area contributed by atoms with Crippen molar-refractivity contribution in [3.63, 3.8) is 0 Å². The molecule has 1 aromatic carbocycles. The number of hydrogen-bond donors (Lipinski definition) is 3. The second-order valence-electron chi connectivity index (χ2n) is 6.24. The Morgan fingerprint density at radius 3 is 2.70 bits per heavy atom. The molecule has 0 aromatic heterocycles. The number of nitrogens with one attached hydrogen (secondary N) is 1. The van der Waals surface area contributed by atoms with Gasteiger partial charge in [-0.1, -0.05) is 12.1 Å². The highest BCUT2D eigenvalue weighted by Crippen LogP contribution is 2.21. The molecule has 2 rings (SSSR count). The molecule has 1 heterocycles. The standard InChI is InChI=1S/C17H25FN2O3/c18-15-4-2-14(3-5-15)6-9-19-16(22)12-20-10-1-7-17(23,13-21)8-11-20/h2-5,21,23H,1,6-13H2,(H,19,22)/t17-/m0/s1. The van der Waals surface area contributed by atoms with E-state index in [9.17, 15) is 19.4 Å². The number of halogens is 1. The van der Waals surface area contributed by atoms with Crippen LogP contribution in [-0.4, -0.2) is 59.4 Å². The fourth-order valence-electron chi connectivity index (χ4n) is 2.81. The van der Waals surface area contributed by atoms with Gasteiger partial charge in [0.1, 0.15) is 5.82 Å². The number of aliphatic hydroxyl groups is 2. The van der Waals surface area contributed by atoms with Gasteiger partial charge in [-0.05, 0) is 49.9 Å². The summed E-state index contributed by atoms with van der Waals surface area (Å²) in [5, 5.41) is 22.2. The van der Waals surface area contributed by atoms with Gasteiger partial charge in [0.15, 0.2) is 0 Å². The Kier molecular flexibility index (Phi) is 6.50. The zero-order chi connectivity index (χ0) is 16.7. The quantitative estimate of drug-likeness (QED) is 0.720. The van der Waals surface area contributed by atoms with E-state index in [-0.39, 0.29) is 18.3 Å². The lowest BCUT2D eigenvalue weighted by Gasteiger charge is -2.24. The first-order valence-corrected chi connectivity index (χ1v) is 8.07. The zero-order valence-corrected chi connectivity index (χ0v) is 13.3. The van der Waals surface area contributed by atoms with Crippen molar-refractivity contribution in [1.29, 1.82) is 0 Å². The highest BCUT2D eigenvalue weighted by molar-refractivity contribution is 5.78. The fraction of sp³-hybridized carbons (Fsp3) is 0.588. The van der Waals surface area contributed by atoms with E-state index in [0.717, 1.165) is 18.5 Å². The summed E-state index contributed by atoms with van der Waals surface area (Å²) in [5.41, 5.74) is -0.0251. The van der Waals surface area contributed by atoms with Gasteiger partial charge in [-0.3, -0.25) is 9.69 Å². The SMILES string of the molecule is O=C(CN1CCC[C@@](O)(CO)CC1)NCCc1ccc(F)cc1. The van der Waals surface area contributed by atoms with E-state index in [2.05, 4.69) is 5.32 Å². The minimum atomic E-state index is -1.01. The molecule has 5 nitrogen and oxygen atoms in total. The predicted molar refractivity (Wildman–Crippen MR) is 85.4 cm³/mol. The summed E-state index contributed by atoms with van der Waals surface area (Å²) in [7, 11) is 0. The molecule has 1 fully saturated rings. The number of carbonyl (C=O) groups excluding carboxylic acids is 1. The van der Waals surface area contributed by atoms with Crippen LogP contribution in [0.3, 0.4) is 0 Å². The smallest absolute Gasteiger partial charge is 0.234 e. The Labute approximate surface area is 136 Å². The molecule has 0 spiro atoms. The number of nitrogens with zero attached hydrogens (tertiary/aromatic N) is 1. The Hall–Kier alpha value is -1.50. The molecule has 3 N–H and O–H groups in total. The number of aliphatic hydroxyl groups excluding tert-OH is 1. The Balaban J connectivity index is 1.69. The van der Waals surface area contributed by atoms with Crippen molar-refractivity contribution < 1.29 is 19.4 Å². The number of hydrogen-bond acceptors (Lipinski definition) is 4. The summed E-state index contributed by atoms with van der Waals surface area (Å²) in [6, 6.07) is 6.26. The molecule has 128 valence electrons. The summed E-state index contributed by atoms with van der Waals surface area (Å²) < 4.78 is 12.8. The maximum Gasteiger partial charge on any atom is 0.234 e. The molecule has 1 aliphatic rings. The number of likely N-dealkylation sites (tertiary alicyclic amines) is 1. The lowest BCUT2D eigenvalue weighted by molar-refractivity contribution is -0.122. The number of rotatable bonds is 6. The van der Waals surface area contributed by atoms with Gasteiger partial charge in [0, 0.05) is 13.1 Å². The minimum Gasteiger partial charge on any atom is -0.393 e. The van der Waals surface area contributed by atoms with Crippen LogP contribution in [0.4, 0.5) is 4.39 Å². The van der Waals surface area contributed by atoms with Crippen LogP contribution in [0.2, 0.25) is 0 Å². The molecule has 1 atom stereocenters. The molecule has 0 unspecified atom stereocenters. The van der Waals surface area contributed by atoms with E-state index >= 15 is 0 Å². The lowest BCUT2D eigenvalue weighted by Crippen LogP contribution is -2.39. The molecule has 0 radical (unpaired) electrons. The average Bonchev–Trinajstić information content (AvgIpc) is 2.72. The molecule has 0 saturated carbocycles. The first kappa shape index (κ1) is 17.8. The largest absolute Gasteiger partial charge is 0.393 e.